The lowest BCUT2D eigenvalue weighted by atomic mass is 9.82. The van der Waals surface area contributed by atoms with Crippen LogP contribution in [0.2, 0.25) is 0 Å². The van der Waals surface area contributed by atoms with E-state index in [1.807, 2.05) is 0 Å². The van der Waals surface area contributed by atoms with Crippen LogP contribution >= 0.6 is 0 Å². The van der Waals surface area contributed by atoms with Crippen molar-refractivity contribution in [3.63, 3.8) is 0 Å². The lowest BCUT2D eigenvalue weighted by Crippen LogP contribution is -2.43. The van der Waals surface area contributed by atoms with Crippen molar-refractivity contribution in [3.05, 3.63) is 0 Å². The van der Waals surface area contributed by atoms with Crippen molar-refractivity contribution >= 4 is 0 Å². The van der Waals surface area contributed by atoms with Gasteiger partial charge in [0.1, 0.15) is 0 Å². The fourth-order valence-corrected chi connectivity index (χ4v) is 3.84. The number of nitrogens with one attached hydrogen (secondary N) is 1. The van der Waals surface area contributed by atoms with Crippen molar-refractivity contribution in [2.75, 3.05) is 26.2 Å². The number of nitrogens with zero attached hydrogens (tertiary/aromatic N) is 1. The summed E-state index contributed by atoms with van der Waals surface area (Å²) in [6, 6.07) is 0.859. The molecule has 0 aromatic heterocycles. The first-order valence-corrected chi connectivity index (χ1v) is 7.76. The Kier molecular flexibility index (Phi) is 5.30. The van der Waals surface area contributed by atoms with E-state index in [4.69, 9.17) is 0 Å². The molecule has 1 N–H and O–H groups in total. The van der Waals surface area contributed by atoms with Crippen LogP contribution in [0, 0.1) is 11.8 Å². The largest absolute Gasteiger partial charge is 0.315 e. The highest BCUT2D eigenvalue weighted by molar-refractivity contribution is 4.83. The molecule has 1 aliphatic carbocycles. The van der Waals surface area contributed by atoms with E-state index in [0.29, 0.717) is 0 Å². The van der Waals surface area contributed by atoms with Crippen LogP contribution in [0.4, 0.5) is 0 Å². The van der Waals surface area contributed by atoms with Gasteiger partial charge in [-0.25, -0.2) is 0 Å². The molecule has 2 heteroatoms. The Labute approximate surface area is 107 Å². The summed E-state index contributed by atoms with van der Waals surface area (Å²) in [6.07, 6.45) is 8.74. The average molecular weight is 238 g/mol. The highest BCUT2D eigenvalue weighted by Gasteiger charge is 2.28. The van der Waals surface area contributed by atoms with E-state index in [1.54, 1.807) is 0 Å². The van der Waals surface area contributed by atoms with E-state index in [9.17, 15) is 0 Å². The third-order valence-electron chi connectivity index (χ3n) is 4.70. The van der Waals surface area contributed by atoms with Gasteiger partial charge in [0.15, 0.2) is 0 Å². The van der Waals surface area contributed by atoms with Crippen LogP contribution in [0.5, 0.6) is 0 Å². The minimum absolute atomic E-state index is 0.815. The molecule has 0 aromatic rings. The van der Waals surface area contributed by atoms with Crippen molar-refractivity contribution in [1.29, 1.82) is 0 Å². The quantitative estimate of drug-likeness (QED) is 0.813. The van der Waals surface area contributed by atoms with Crippen LogP contribution in [-0.2, 0) is 0 Å². The van der Waals surface area contributed by atoms with Gasteiger partial charge in [0, 0.05) is 25.7 Å². The molecule has 17 heavy (non-hydrogen) atoms. The molecule has 2 aliphatic rings. The van der Waals surface area contributed by atoms with Gasteiger partial charge in [0.2, 0.25) is 0 Å². The zero-order valence-corrected chi connectivity index (χ0v) is 11.8. The standard InChI is InChI=1S/C15H30N2/c1-3-15(14-7-5-4-6-8-14)17-10-9-16-11-13(2)12-17/h13-16H,3-12H2,1-2H3. The first-order valence-electron chi connectivity index (χ1n) is 7.76. The van der Waals surface area contributed by atoms with Gasteiger partial charge in [-0.3, -0.25) is 4.90 Å². The number of rotatable bonds is 3. The Morgan fingerprint density at radius 1 is 1.24 bits per heavy atom. The van der Waals surface area contributed by atoms with E-state index < -0.39 is 0 Å². The van der Waals surface area contributed by atoms with E-state index >= 15 is 0 Å². The molecule has 1 heterocycles. The molecule has 1 aliphatic heterocycles. The summed E-state index contributed by atoms with van der Waals surface area (Å²) in [5.74, 6) is 1.80. The van der Waals surface area contributed by atoms with Gasteiger partial charge in [-0.1, -0.05) is 33.1 Å². The van der Waals surface area contributed by atoms with Crippen molar-refractivity contribution in [3.8, 4) is 0 Å². The van der Waals surface area contributed by atoms with Crippen LogP contribution in [0.15, 0.2) is 0 Å². The first-order chi connectivity index (χ1) is 8.31. The Morgan fingerprint density at radius 3 is 2.71 bits per heavy atom. The third kappa shape index (κ3) is 3.69. The summed E-state index contributed by atoms with van der Waals surface area (Å²) in [4.78, 5) is 2.79. The van der Waals surface area contributed by atoms with Crippen molar-refractivity contribution in [2.45, 2.75) is 58.4 Å². The Morgan fingerprint density at radius 2 is 2.00 bits per heavy atom. The van der Waals surface area contributed by atoms with Crippen molar-refractivity contribution in [1.82, 2.24) is 10.2 Å². The number of hydrogen-bond donors (Lipinski definition) is 1. The molecule has 1 saturated heterocycles. The fourth-order valence-electron chi connectivity index (χ4n) is 3.84. The molecule has 2 rings (SSSR count). The molecule has 2 nitrogen and oxygen atoms in total. The second-order valence-electron chi connectivity index (χ2n) is 6.18. The summed E-state index contributed by atoms with van der Waals surface area (Å²) in [5, 5.41) is 3.57. The van der Waals surface area contributed by atoms with E-state index in [-0.39, 0.29) is 0 Å². The van der Waals surface area contributed by atoms with Gasteiger partial charge in [0.05, 0.1) is 0 Å². The van der Waals surface area contributed by atoms with Gasteiger partial charge < -0.3 is 5.32 Å². The molecule has 2 atom stereocenters. The van der Waals surface area contributed by atoms with Gasteiger partial charge in [-0.05, 0) is 37.6 Å². The zero-order valence-electron chi connectivity index (χ0n) is 11.8. The summed E-state index contributed by atoms with van der Waals surface area (Å²) < 4.78 is 0. The van der Waals surface area contributed by atoms with Crippen LogP contribution in [0.3, 0.4) is 0 Å². The van der Waals surface area contributed by atoms with Gasteiger partial charge in [-0.15, -0.1) is 0 Å². The van der Waals surface area contributed by atoms with Crippen molar-refractivity contribution in [2.24, 2.45) is 11.8 Å². The minimum atomic E-state index is 0.815. The maximum Gasteiger partial charge on any atom is 0.0121 e. The van der Waals surface area contributed by atoms with Crippen LogP contribution in [0.25, 0.3) is 0 Å². The van der Waals surface area contributed by atoms with Crippen LogP contribution in [0.1, 0.15) is 52.4 Å². The smallest absolute Gasteiger partial charge is 0.0121 e. The topological polar surface area (TPSA) is 15.3 Å². The molecular formula is C15H30N2. The maximum atomic E-state index is 3.57. The second kappa shape index (κ2) is 6.75. The molecule has 2 unspecified atom stereocenters. The third-order valence-corrected chi connectivity index (χ3v) is 4.70. The normalized spacial score (nSPS) is 31.1. The van der Waals surface area contributed by atoms with Gasteiger partial charge in [-0.2, -0.15) is 0 Å². The van der Waals surface area contributed by atoms with E-state index in [0.717, 1.165) is 17.9 Å². The Bertz CT molecular complexity index is 211. The molecule has 0 spiro atoms. The lowest BCUT2D eigenvalue weighted by molar-refractivity contribution is 0.109. The second-order valence-corrected chi connectivity index (χ2v) is 6.18. The molecule has 1 saturated carbocycles. The molecule has 0 aromatic carbocycles. The van der Waals surface area contributed by atoms with Crippen LogP contribution < -0.4 is 5.32 Å². The molecule has 0 bridgehead atoms. The summed E-state index contributed by atoms with van der Waals surface area (Å²) in [7, 11) is 0. The minimum Gasteiger partial charge on any atom is -0.315 e. The maximum absolute atomic E-state index is 3.57. The van der Waals surface area contributed by atoms with Gasteiger partial charge in [0.25, 0.3) is 0 Å². The number of hydrogen-bond acceptors (Lipinski definition) is 2. The zero-order chi connectivity index (χ0) is 12.1. The molecule has 0 amide bonds. The van der Waals surface area contributed by atoms with Crippen LogP contribution in [-0.4, -0.2) is 37.1 Å². The summed E-state index contributed by atoms with van der Waals surface area (Å²) in [5.41, 5.74) is 0. The summed E-state index contributed by atoms with van der Waals surface area (Å²) >= 11 is 0. The Hall–Kier alpha value is -0.0800. The lowest BCUT2D eigenvalue weighted by Gasteiger charge is -2.38. The molecular weight excluding hydrogens is 208 g/mol. The Balaban J connectivity index is 1.94. The summed E-state index contributed by atoms with van der Waals surface area (Å²) in [6.45, 7) is 9.74. The monoisotopic (exact) mass is 238 g/mol. The van der Waals surface area contributed by atoms with Gasteiger partial charge >= 0.3 is 0 Å². The highest BCUT2D eigenvalue weighted by Crippen LogP contribution is 2.31. The average Bonchev–Trinajstić information content (AvgIpc) is 2.56. The predicted octanol–water partition coefficient (Wildman–Crippen LogP) is 2.89. The fraction of sp³-hybridized carbons (Fsp3) is 1.00. The van der Waals surface area contributed by atoms with E-state index in [2.05, 4.69) is 24.1 Å². The van der Waals surface area contributed by atoms with E-state index in [1.165, 1.54) is 64.7 Å². The molecule has 100 valence electrons. The highest BCUT2D eigenvalue weighted by atomic mass is 15.2. The SMILES string of the molecule is CCC(C1CCCCC1)N1CCNCC(C)C1. The molecule has 0 radical (unpaired) electrons. The van der Waals surface area contributed by atoms with Crippen molar-refractivity contribution < 1.29 is 0 Å². The molecule has 2 fully saturated rings. The predicted molar refractivity (Wildman–Crippen MR) is 74.3 cm³/mol. The first kappa shape index (κ1) is 13.4.